The van der Waals surface area contributed by atoms with Gasteiger partial charge in [-0.05, 0) is 62.5 Å². The van der Waals surface area contributed by atoms with Crippen molar-refractivity contribution >= 4 is 35.0 Å². The van der Waals surface area contributed by atoms with E-state index in [4.69, 9.17) is 28.9 Å². The van der Waals surface area contributed by atoms with E-state index in [1.165, 1.54) is 19.1 Å². The highest BCUT2D eigenvalue weighted by molar-refractivity contribution is 6.42. The van der Waals surface area contributed by atoms with Gasteiger partial charge in [-0.2, -0.15) is 0 Å². The maximum Gasteiger partial charge on any atom is 0.223 e. The van der Waals surface area contributed by atoms with Crippen molar-refractivity contribution in [1.82, 2.24) is 10.6 Å². The van der Waals surface area contributed by atoms with E-state index in [9.17, 15) is 14.0 Å². The van der Waals surface area contributed by atoms with Crippen molar-refractivity contribution in [1.29, 1.82) is 0 Å². The van der Waals surface area contributed by atoms with Crippen LogP contribution in [0.15, 0.2) is 12.1 Å². The van der Waals surface area contributed by atoms with Gasteiger partial charge in [0, 0.05) is 30.5 Å². The van der Waals surface area contributed by atoms with Gasteiger partial charge in [0.1, 0.15) is 11.5 Å². The Morgan fingerprint density at radius 3 is 2.45 bits per heavy atom. The monoisotopic (exact) mass is 473 g/mol. The predicted molar refractivity (Wildman–Crippen MR) is 115 cm³/mol. The second-order valence-electron chi connectivity index (χ2n) is 9.53. The Hall–Kier alpha value is -1.44. The van der Waals surface area contributed by atoms with Crippen LogP contribution in [-0.2, 0) is 9.59 Å². The SMILES string of the molecule is CC(=O)N[C@H]1C[C@@H](C(=O)N[C@H](c2c(F)ccc(Cl)c2Cl)C23CCC(F)(CC2)C3)C[C@H]1N. The van der Waals surface area contributed by atoms with Gasteiger partial charge in [-0.15, -0.1) is 0 Å². The van der Waals surface area contributed by atoms with Crippen LogP contribution in [0.3, 0.4) is 0 Å². The molecule has 1 aromatic rings. The molecule has 0 aromatic heterocycles. The molecule has 170 valence electrons. The van der Waals surface area contributed by atoms with Crippen LogP contribution in [0.25, 0.3) is 0 Å². The van der Waals surface area contributed by atoms with Crippen molar-refractivity contribution in [2.24, 2.45) is 17.1 Å². The fraction of sp³-hybridized carbons (Fsp3) is 0.636. The summed E-state index contributed by atoms with van der Waals surface area (Å²) in [5.41, 5.74) is 4.35. The van der Waals surface area contributed by atoms with Crippen molar-refractivity contribution in [2.45, 2.75) is 75.7 Å². The standard InChI is InChI=1S/C22H27Cl2F2N3O2/c1-11(30)28-16-9-12(8-15(16)27)20(31)29-19(17-14(25)3-2-13(23)18(17)24)21-4-6-22(26,10-21)7-5-21/h2-3,12,15-16,19H,4-10,27H2,1H3,(H,28,30)(H,29,31)/t12-,15+,16-,19+,21?,22?/m0/s1. The van der Waals surface area contributed by atoms with E-state index in [-0.39, 0.29) is 45.9 Å². The van der Waals surface area contributed by atoms with Crippen molar-refractivity contribution in [2.75, 3.05) is 0 Å². The zero-order valence-electron chi connectivity index (χ0n) is 17.3. The van der Waals surface area contributed by atoms with Gasteiger partial charge in [0.15, 0.2) is 0 Å². The minimum Gasteiger partial charge on any atom is -0.352 e. The largest absolute Gasteiger partial charge is 0.352 e. The molecule has 2 bridgehead atoms. The van der Waals surface area contributed by atoms with Crippen LogP contribution in [0.5, 0.6) is 0 Å². The summed E-state index contributed by atoms with van der Waals surface area (Å²) in [6.45, 7) is 1.41. The molecule has 1 aromatic carbocycles. The molecule has 3 aliphatic rings. The fourth-order valence-electron chi connectivity index (χ4n) is 5.88. The Morgan fingerprint density at radius 1 is 1.19 bits per heavy atom. The van der Waals surface area contributed by atoms with Crippen LogP contribution in [0.2, 0.25) is 10.0 Å². The number of nitrogens with one attached hydrogen (secondary N) is 2. The molecule has 4 atom stereocenters. The van der Waals surface area contributed by atoms with Gasteiger partial charge in [-0.1, -0.05) is 23.2 Å². The summed E-state index contributed by atoms with van der Waals surface area (Å²) in [5, 5.41) is 6.01. The van der Waals surface area contributed by atoms with E-state index < -0.39 is 28.9 Å². The molecule has 0 radical (unpaired) electrons. The van der Waals surface area contributed by atoms with E-state index in [1.54, 1.807) is 0 Å². The minimum atomic E-state index is -1.28. The number of carbonyl (C=O) groups excluding carboxylic acids is 2. The van der Waals surface area contributed by atoms with Gasteiger partial charge < -0.3 is 16.4 Å². The molecule has 4 rings (SSSR count). The fourth-order valence-corrected chi connectivity index (χ4v) is 6.31. The minimum absolute atomic E-state index is 0.0452. The zero-order chi connectivity index (χ0) is 22.6. The first-order chi connectivity index (χ1) is 14.5. The van der Waals surface area contributed by atoms with Gasteiger partial charge in [0.25, 0.3) is 0 Å². The Bertz CT molecular complexity index is 905. The number of benzene rings is 1. The highest BCUT2D eigenvalue weighted by Crippen LogP contribution is 2.64. The van der Waals surface area contributed by atoms with Gasteiger partial charge in [-0.25, -0.2) is 8.78 Å². The lowest BCUT2D eigenvalue weighted by Gasteiger charge is -2.38. The number of fused-ring (bicyclic) bond motifs is 2. The number of amides is 2. The van der Waals surface area contributed by atoms with E-state index in [1.807, 2.05) is 0 Å². The molecule has 3 aliphatic carbocycles. The van der Waals surface area contributed by atoms with Gasteiger partial charge >= 0.3 is 0 Å². The summed E-state index contributed by atoms with van der Waals surface area (Å²) in [6.07, 6.45) is 2.90. The van der Waals surface area contributed by atoms with Crippen LogP contribution in [0, 0.1) is 17.2 Å². The molecule has 31 heavy (non-hydrogen) atoms. The first-order valence-corrected chi connectivity index (χ1v) is 11.4. The molecule has 0 aliphatic heterocycles. The number of nitrogens with two attached hydrogens (primary N) is 1. The second-order valence-corrected chi connectivity index (χ2v) is 10.3. The van der Waals surface area contributed by atoms with E-state index >= 15 is 4.39 Å². The molecule has 5 nitrogen and oxygen atoms in total. The lowest BCUT2D eigenvalue weighted by atomic mass is 9.74. The summed E-state index contributed by atoms with van der Waals surface area (Å²) in [5.74, 6) is -1.51. The van der Waals surface area contributed by atoms with E-state index in [0.717, 1.165) is 0 Å². The van der Waals surface area contributed by atoms with Crippen molar-refractivity contribution < 1.29 is 18.4 Å². The molecule has 0 heterocycles. The molecule has 2 amide bonds. The van der Waals surface area contributed by atoms with Crippen LogP contribution in [-0.4, -0.2) is 29.6 Å². The molecule has 0 unspecified atom stereocenters. The average Bonchev–Trinajstić information content (AvgIpc) is 3.35. The number of rotatable bonds is 5. The summed E-state index contributed by atoms with van der Waals surface area (Å²) < 4.78 is 30.0. The predicted octanol–water partition coefficient (Wildman–Crippen LogP) is 4.20. The molecular weight excluding hydrogens is 447 g/mol. The van der Waals surface area contributed by atoms with E-state index in [2.05, 4.69) is 10.6 Å². The third-order valence-corrected chi connectivity index (χ3v) is 8.27. The van der Waals surface area contributed by atoms with Crippen LogP contribution in [0.4, 0.5) is 8.78 Å². The van der Waals surface area contributed by atoms with Crippen LogP contribution < -0.4 is 16.4 Å². The number of carbonyl (C=O) groups is 2. The normalized spacial score (nSPS) is 35.2. The average molecular weight is 474 g/mol. The van der Waals surface area contributed by atoms with Crippen molar-refractivity contribution in [3.05, 3.63) is 33.6 Å². The molecule has 3 fully saturated rings. The lowest BCUT2D eigenvalue weighted by Crippen LogP contribution is -2.43. The number of alkyl halides is 1. The molecule has 0 spiro atoms. The number of halogens is 4. The van der Waals surface area contributed by atoms with Crippen LogP contribution >= 0.6 is 23.2 Å². The summed E-state index contributed by atoms with van der Waals surface area (Å²) in [6, 6.07) is 1.16. The molecular formula is C22H27Cl2F2N3O2. The maximum absolute atomic E-state index is 15.0. The van der Waals surface area contributed by atoms with Crippen molar-refractivity contribution in [3.8, 4) is 0 Å². The highest BCUT2D eigenvalue weighted by Gasteiger charge is 2.59. The summed E-state index contributed by atoms with van der Waals surface area (Å²) >= 11 is 12.6. The number of hydrogen-bond donors (Lipinski definition) is 3. The van der Waals surface area contributed by atoms with Gasteiger partial charge in [0.2, 0.25) is 11.8 Å². The number of hydrogen-bond acceptors (Lipinski definition) is 3. The molecule has 3 saturated carbocycles. The van der Waals surface area contributed by atoms with Gasteiger partial charge in [0.05, 0.1) is 16.1 Å². The van der Waals surface area contributed by atoms with Gasteiger partial charge in [-0.3, -0.25) is 9.59 Å². The Morgan fingerprint density at radius 2 is 1.87 bits per heavy atom. The lowest BCUT2D eigenvalue weighted by molar-refractivity contribution is -0.127. The maximum atomic E-state index is 15.0. The first kappa shape index (κ1) is 22.7. The topological polar surface area (TPSA) is 84.2 Å². The Labute approximate surface area is 190 Å². The van der Waals surface area contributed by atoms with Crippen molar-refractivity contribution in [3.63, 3.8) is 0 Å². The quantitative estimate of drug-likeness (QED) is 0.560. The molecule has 9 heteroatoms. The summed E-state index contributed by atoms with van der Waals surface area (Å²) in [4.78, 5) is 24.7. The second kappa shape index (κ2) is 8.16. The molecule has 0 saturated heterocycles. The third kappa shape index (κ3) is 4.16. The molecule has 4 N–H and O–H groups in total. The third-order valence-electron chi connectivity index (χ3n) is 7.45. The first-order valence-electron chi connectivity index (χ1n) is 10.7. The zero-order valence-corrected chi connectivity index (χ0v) is 18.8. The van der Waals surface area contributed by atoms with E-state index in [0.29, 0.717) is 38.5 Å². The Balaban J connectivity index is 1.63. The Kier molecular flexibility index (Phi) is 5.99. The van der Waals surface area contributed by atoms with Crippen LogP contribution in [0.1, 0.15) is 63.5 Å². The summed E-state index contributed by atoms with van der Waals surface area (Å²) in [7, 11) is 0. The highest BCUT2D eigenvalue weighted by atomic mass is 35.5. The smallest absolute Gasteiger partial charge is 0.223 e.